The fraction of sp³-hybridized carbons (Fsp3) is 0.909. The maximum atomic E-state index is 11.3. The van der Waals surface area contributed by atoms with Crippen LogP contribution in [0.25, 0.3) is 0 Å². The Morgan fingerprint density at radius 1 is 1.43 bits per heavy atom. The quantitative estimate of drug-likeness (QED) is 0.531. The maximum absolute atomic E-state index is 11.3. The third-order valence-corrected chi connectivity index (χ3v) is 8.00. The maximum Gasteiger partial charge on any atom is 0.306 e. The highest BCUT2D eigenvalue weighted by atomic mass is 28.3. The van der Waals surface area contributed by atoms with Crippen LogP contribution in [-0.2, 0) is 9.53 Å². The lowest BCUT2D eigenvalue weighted by atomic mass is 9.99. The molecular weight excluding hydrogens is 192 g/mol. The van der Waals surface area contributed by atoms with Crippen molar-refractivity contribution >= 4 is 14.0 Å². The highest BCUT2D eigenvalue weighted by molar-refractivity contribution is 6.81. The van der Waals surface area contributed by atoms with Crippen molar-refractivity contribution < 1.29 is 9.53 Å². The highest BCUT2D eigenvalue weighted by Crippen LogP contribution is 2.51. The van der Waals surface area contributed by atoms with E-state index in [0.29, 0.717) is 18.9 Å². The largest absolute Gasteiger partial charge is 0.466 e. The van der Waals surface area contributed by atoms with Crippen molar-refractivity contribution in [3.05, 3.63) is 0 Å². The van der Waals surface area contributed by atoms with Gasteiger partial charge in [-0.1, -0.05) is 32.5 Å². The first-order valence-corrected chi connectivity index (χ1v) is 8.95. The van der Waals surface area contributed by atoms with Gasteiger partial charge in [0.05, 0.1) is 14.7 Å². The molecule has 82 valence electrons. The van der Waals surface area contributed by atoms with Gasteiger partial charge >= 0.3 is 5.97 Å². The van der Waals surface area contributed by atoms with E-state index in [0.717, 1.165) is 5.54 Å². The second-order valence-electron chi connectivity index (χ2n) is 4.98. The van der Waals surface area contributed by atoms with Crippen LogP contribution in [0.2, 0.25) is 24.7 Å². The minimum Gasteiger partial charge on any atom is -0.466 e. The molecular formula is C11H22O2Si. The van der Waals surface area contributed by atoms with E-state index in [-0.39, 0.29) is 5.97 Å². The lowest BCUT2D eigenvalue weighted by molar-refractivity contribution is -0.144. The van der Waals surface area contributed by atoms with Crippen molar-refractivity contribution in [3.8, 4) is 0 Å². The van der Waals surface area contributed by atoms with Gasteiger partial charge < -0.3 is 4.74 Å². The molecule has 1 fully saturated rings. The van der Waals surface area contributed by atoms with Crippen LogP contribution in [0.15, 0.2) is 0 Å². The smallest absolute Gasteiger partial charge is 0.306 e. The Labute approximate surface area is 88.0 Å². The molecule has 0 aromatic heterocycles. The molecule has 0 amide bonds. The van der Waals surface area contributed by atoms with Gasteiger partial charge in [-0.3, -0.25) is 4.79 Å². The van der Waals surface area contributed by atoms with Crippen LogP contribution in [0.3, 0.4) is 0 Å². The summed E-state index contributed by atoms with van der Waals surface area (Å²) in [5.41, 5.74) is 0.840. The third kappa shape index (κ3) is 2.38. The molecule has 1 heterocycles. The van der Waals surface area contributed by atoms with Crippen molar-refractivity contribution in [1.82, 2.24) is 0 Å². The molecule has 0 saturated carbocycles. The topological polar surface area (TPSA) is 26.3 Å². The molecule has 1 rings (SSSR count). The molecule has 14 heavy (non-hydrogen) atoms. The number of hydrogen-bond donors (Lipinski definition) is 0. The standard InChI is InChI=1S/C11H22O2Si/c1-5-10-9(8-14(10,3)4)7-11(12)13-6-2/h9-10H,5-8H2,1-4H3. The van der Waals surface area contributed by atoms with Gasteiger partial charge in [0.15, 0.2) is 0 Å². The average Bonchev–Trinajstić information content (AvgIpc) is 2.03. The van der Waals surface area contributed by atoms with E-state index in [9.17, 15) is 4.79 Å². The van der Waals surface area contributed by atoms with E-state index >= 15 is 0 Å². The first-order valence-electron chi connectivity index (χ1n) is 5.66. The lowest BCUT2D eigenvalue weighted by Crippen LogP contribution is -2.49. The number of carbonyl (C=O) groups is 1. The molecule has 1 saturated heterocycles. The molecule has 2 atom stereocenters. The Hall–Kier alpha value is -0.313. The Kier molecular flexibility index (Phi) is 3.76. The summed E-state index contributed by atoms with van der Waals surface area (Å²) < 4.78 is 4.99. The van der Waals surface area contributed by atoms with E-state index in [2.05, 4.69) is 20.0 Å². The highest BCUT2D eigenvalue weighted by Gasteiger charge is 2.47. The van der Waals surface area contributed by atoms with Crippen LogP contribution in [0, 0.1) is 5.92 Å². The van der Waals surface area contributed by atoms with Gasteiger partial charge in [-0.15, -0.1) is 0 Å². The summed E-state index contributed by atoms with van der Waals surface area (Å²) >= 11 is 0. The van der Waals surface area contributed by atoms with Crippen molar-refractivity contribution in [3.63, 3.8) is 0 Å². The molecule has 0 bridgehead atoms. The summed E-state index contributed by atoms with van der Waals surface area (Å²) in [6.07, 6.45) is 1.89. The van der Waals surface area contributed by atoms with E-state index in [4.69, 9.17) is 4.74 Å². The van der Waals surface area contributed by atoms with Gasteiger partial charge in [-0.05, 0) is 18.4 Å². The summed E-state index contributed by atoms with van der Waals surface area (Å²) in [6.45, 7) is 9.50. The zero-order valence-electron chi connectivity index (χ0n) is 9.80. The summed E-state index contributed by atoms with van der Waals surface area (Å²) in [7, 11) is -0.941. The number of esters is 1. The number of hydrogen-bond acceptors (Lipinski definition) is 2. The van der Waals surface area contributed by atoms with Gasteiger partial charge in [0, 0.05) is 6.42 Å². The van der Waals surface area contributed by atoms with Crippen LogP contribution < -0.4 is 0 Å². The molecule has 1 aliphatic heterocycles. The van der Waals surface area contributed by atoms with Gasteiger partial charge in [-0.25, -0.2) is 0 Å². The number of ether oxygens (including phenoxy) is 1. The van der Waals surface area contributed by atoms with Crippen molar-refractivity contribution in [2.24, 2.45) is 5.92 Å². The second-order valence-corrected chi connectivity index (χ2v) is 10.1. The number of carbonyl (C=O) groups excluding carboxylic acids is 1. The summed E-state index contributed by atoms with van der Waals surface area (Å²) in [6, 6.07) is 1.31. The van der Waals surface area contributed by atoms with Crippen LogP contribution >= 0.6 is 0 Å². The van der Waals surface area contributed by atoms with Crippen molar-refractivity contribution in [1.29, 1.82) is 0 Å². The average molecular weight is 214 g/mol. The van der Waals surface area contributed by atoms with Gasteiger partial charge in [0.2, 0.25) is 0 Å². The van der Waals surface area contributed by atoms with Gasteiger partial charge in [-0.2, -0.15) is 0 Å². The molecule has 2 unspecified atom stereocenters. The molecule has 0 aromatic rings. The van der Waals surface area contributed by atoms with E-state index in [1.54, 1.807) is 0 Å². The van der Waals surface area contributed by atoms with Crippen LogP contribution in [0.1, 0.15) is 26.7 Å². The monoisotopic (exact) mass is 214 g/mol. The van der Waals surface area contributed by atoms with Crippen LogP contribution in [0.4, 0.5) is 0 Å². The van der Waals surface area contributed by atoms with E-state index < -0.39 is 8.07 Å². The first kappa shape index (κ1) is 11.8. The van der Waals surface area contributed by atoms with Crippen LogP contribution in [-0.4, -0.2) is 20.7 Å². The summed E-state index contributed by atoms with van der Waals surface area (Å²) in [5.74, 6) is 0.626. The van der Waals surface area contributed by atoms with Gasteiger partial charge in [0.1, 0.15) is 0 Å². The lowest BCUT2D eigenvalue weighted by Gasteiger charge is -2.49. The molecule has 0 aliphatic carbocycles. The van der Waals surface area contributed by atoms with E-state index in [1.807, 2.05) is 6.92 Å². The Morgan fingerprint density at radius 2 is 2.07 bits per heavy atom. The molecule has 0 aromatic carbocycles. The SMILES string of the molecule is CCOC(=O)CC1C[Si](C)(C)C1CC. The van der Waals surface area contributed by atoms with Crippen molar-refractivity contribution in [2.45, 2.75) is 51.4 Å². The molecule has 1 aliphatic rings. The van der Waals surface area contributed by atoms with E-state index in [1.165, 1.54) is 12.5 Å². The van der Waals surface area contributed by atoms with Gasteiger partial charge in [0.25, 0.3) is 0 Å². The Morgan fingerprint density at radius 3 is 2.50 bits per heavy atom. The normalized spacial score (nSPS) is 29.4. The minimum atomic E-state index is -0.941. The fourth-order valence-corrected chi connectivity index (χ4v) is 7.24. The fourth-order valence-electron chi connectivity index (χ4n) is 2.98. The molecule has 0 radical (unpaired) electrons. The zero-order valence-corrected chi connectivity index (χ0v) is 10.8. The second kappa shape index (κ2) is 4.47. The summed E-state index contributed by atoms with van der Waals surface area (Å²) in [4.78, 5) is 11.3. The first-order chi connectivity index (χ1) is 6.51. The minimum absolute atomic E-state index is 0.000417. The summed E-state index contributed by atoms with van der Waals surface area (Å²) in [5, 5.41) is 0. The molecule has 3 heteroatoms. The van der Waals surface area contributed by atoms with Crippen molar-refractivity contribution in [2.75, 3.05) is 6.61 Å². The molecule has 2 nitrogen and oxygen atoms in total. The zero-order chi connectivity index (χ0) is 10.8. The predicted octanol–water partition coefficient (Wildman–Crippen LogP) is 3.06. The van der Waals surface area contributed by atoms with Crippen LogP contribution in [0.5, 0.6) is 0 Å². The third-order valence-electron chi connectivity index (χ3n) is 3.54. The number of rotatable bonds is 4. The Bertz CT molecular complexity index is 213. The predicted molar refractivity (Wildman–Crippen MR) is 61.1 cm³/mol. The molecule has 0 spiro atoms. The molecule has 0 N–H and O–H groups in total. The Balaban J connectivity index is 2.38.